The summed E-state index contributed by atoms with van der Waals surface area (Å²) in [6.45, 7) is 1.89. The van der Waals surface area contributed by atoms with Gasteiger partial charge in [0, 0.05) is 16.9 Å². The molecule has 0 aliphatic carbocycles. The van der Waals surface area contributed by atoms with Gasteiger partial charge in [-0.15, -0.1) is 0 Å². The van der Waals surface area contributed by atoms with Crippen molar-refractivity contribution >= 4 is 23.4 Å². The molecule has 0 unspecified atom stereocenters. The molecule has 1 amide bonds. The van der Waals surface area contributed by atoms with Crippen molar-refractivity contribution in [2.75, 3.05) is 18.2 Å². The summed E-state index contributed by atoms with van der Waals surface area (Å²) < 4.78 is 18.1. The SMILES string of the molecule is COc1ccc(-c2cc(C)nc(SCC(=O)Nc3ccc(F)cc3)n2)cc1. The fourth-order valence-electron chi connectivity index (χ4n) is 2.38. The maximum Gasteiger partial charge on any atom is 0.234 e. The summed E-state index contributed by atoms with van der Waals surface area (Å²) in [6.07, 6.45) is 0. The maximum atomic E-state index is 12.9. The van der Waals surface area contributed by atoms with Gasteiger partial charge in [0.1, 0.15) is 11.6 Å². The van der Waals surface area contributed by atoms with Crippen LogP contribution in [-0.2, 0) is 4.79 Å². The van der Waals surface area contributed by atoms with Crippen LogP contribution in [0.15, 0.2) is 59.8 Å². The van der Waals surface area contributed by atoms with Crippen LogP contribution in [0, 0.1) is 12.7 Å². The first kappa shape index (κ1) is 18.8. The van der Waals surface area contributed by atoms with Crippen LogP contribution in [0.25, 0.3) is 11.3 Å². The number of anilines is 1. The molecule has 0 bridgehead atoms. The second-order valence-corrected chi connectivity index (χ2v) is 6.69. The molecule has 0 saturated carbocycles. The number of aromatic nitrogens is 2. The number of hydrogen-bond acceptors (Lipinski definition) is 5. The lowest BCUT2D eigenvalue weighted by atomic mass is 10.1. The Morgan fingerprint density at radius 1 is 1.11 bits per heavy atom. The van der Waals surface area contributed by atoms with Crippen LogP contribution in [0.2, 0.25) is 0 Å². The Kier molecular flexibility index (Phi) is 6.03. The molecule has 2 aromatic carbocycles. The summed E-state index contributed by atoms with van der Waals surface area (Å²) in [5.74, 6) is 0.379. The molecular weight excluding hydrogens is 365 g/mol. The predicted molar refractivity (Wildman–Crippen MR) is 105 cm³/mol. The Balaban J connectivity index is 1.66. The summed E-state index contributed by atoms with van der Waals surface area (Å²) in [5.41, 5.74) is 3.09. The molecule has 0 aliphatic heterocycles. The maximum absolute atomic E-state index is 12.9. The summed E-state index contributed by atoms with van der Waals surface area (Å²) in [6, 6.07) is 15.1. The normalized spacial score (nSPS) is 10.5. The van der Waals surface area contributed by atoms with E-state index in [0.29, 0.717) is 10.8 Å². The number of hydrogen-bond donors (Lipinski definition) is 1. The van der Waals surface area contributed by atoms with Crippen molar-refractivity contribution in [1.29, 1.82) is 0 Å². The van der Waals surface area contributed by atoms with Crippen molar-refractivity contribution < 1.29 is 13.9 Å². The van der Waals surface area contributed by atoms with Crippen molar-refractivity contribution in [2.24, 2.45) is 0 Å². The minimum absolute atomic E-state index is 0.156. The zero-order valence-corrected chi connectivity index (χ0v) is 15.7. The van der Waals surface area contributed by atoms with Crippen LogP contribution in [0.3, 0.4) is 0 Å². The Hall–Kier alpha value is -2.93. The molecule has 0 saturated heterocycles. The number of benzene rings is 2. The number of nitrogens with zero attached hydrogens (tertiary/aromatic N) is 2. The largest absolute Gasteiger partial charge is 0.497 e. The van der Waals surface area contributed by atoms with E-state index in [1.165, 1.54) is 36.0 Å². The third-order valence-electron chi connectivity index (χ3n) is 3.68. The highest BCUT2D eigenvalue weighted by Gasteiger charge is 2.09. The molecule has 0 radical (unpaired) electrons. The molecule has 1 aromatic heterocycles. The van der Waals surface area contributed by atoms with Crippen molar-refractivity contribution in [3.8, 4) is 17.0 Å². The van der Waals surface area contributed by atoms with Gasteiger partial charge in [-0.05, 0) is 61.5 Å². The number of thioether (sulfide) groups is 1. The highest BCUT2D eigenvalue weighted by molar-refractivity contribution is 7.99. The summed E-state index contributed by atoms with van der Waals surface area (Å²) in [7, 11) is 1.62. The van der Waals surface area contributed by atoms with E-state index in [1.807, 2.05) is 37.3 Å². The van der Waals surface area contributed by atoms with Crippen LogP contribution in [0.5, 0.6) is 5.75 Å². The number of amides is 1. The molecule has 0 spiro atoms. The van der Waals surface area contributed by atoms with E-state index in [4.69, 9.17) is 4.74 Å². The van der Waals surface area contributed by atoms with Gasteiger partial charge in [0.2, 0.25) is 5.91 Å². The van der Waals surface area contributed by atoms with Gasteiger partial charge in [-0.25, -0.2) is 14.4 Å². The molecule has 27 heavy (non-hydrogen) atoms. The third-order valence-corrected chi connectivity index (χ3v) is 4.53. The lowest BCUT2D eigenvalue weighted by Crippen LogP contribution is -2.14. The molecule has 7 heteroatoms. The minimum Gasteiger partial charge on any atom is -0.497 e. The second kappa shape index (κ2) is 8.64. The van der Waals surface area contributed by atoms with Gasteiger partial charge < -0.3 is 10.1 Å². The predicted octanol–water partition coefficient (Wildman–Crippen LogP) is 4.33. The summed E-state index contributed by atoms with van der Waals surface area (Å²) in [5, 5.41) is 3.24. The molecule has 3 aromatic rings. The third kappa shape index (κ3) is 5.27. The van der Waals surface area contributed by atoms with Crippen molar-refractivity contribution in [3.63, 3.8) is 0 Å². The fraction of sp³-hybridized carbons (Fsp3) is 0.150. The van der Waals surface area contributed by atoms with E-state index in [1.54, 1.807) is 7.11 Å². The number of nitrogens with one attached hydrogen (secondary N) is 1. The zero-order valence-electron chi connectivity index (χ0n) is 14.9. The average molecular weight is 383 g/mol. The molecular formula is C20H18FN3O2S. The number of aryl methyl sites for hydroxylation is 1. The first-order chi connectivity index (χ1) is 13.0. The Labute approximate surface area is 161 Å². The van der Waals surface area contributed by atoms with Crippen LogP contribution in [0.4, 0.5) is 10.1 Å². The molecule has 5 nitrogen and oxygen atoms in total. The Bertz CT molecular complexity index is 931. The van der Waals surface area contributed by atoms with Crippen LogP contribution in [0.1, 0.15) is 5.69 Å². The molecule has 0 aliphatic rings. The van der Waals surface area contributed by atoms with Gasteiger partial charge in [-0.3, -0.25) is 4.79 Å². The van der Waals surface area contributed by atoms with Crippen LogP contribution < -0.4 is 10.1 Å². The van der Waals surface area contributed by atoms with Crippen molar-refractivity contribution in [2.45, 2.75) is 12.1 Å². The monoisotopic (exact) mass is 383 g/mol. The van der Waals surface area contributed by atoms with E-state index in [9.17, 15) is 9.18 Å². The van der Waals surface area contributed by atoms with Gasteiger partial charge in [0.15, 0.2) is 5.16 Å². The lowest BCUT2D eigenvalue weighted by molar-refractivity contribution is -0.113. The number of carbonyl (C=O) groups excluding carboxylic acids is 1. The number of carbonyl (C=O) groups is 1. The minimum atomic E-state index is -0.346. The van der Waals surface area contributed by atoms with E-state index in [0.717, 1.165) is 22.7 Å². The van der Waals surface area contributed by atoms with Crippen molar-refractivity contribution in [3.05, 3.63) is 66.1 Å². The van der Waals surface area contributed by atoms with Crippen LogP contribution in [-0.4, -0.2) is 28.7 Å². The molecule has 0 fully saturated rings. The topological polar surface area (TPSA) is 64.1 Å². The smallest absolute Gasteiger partial charge is 0.234 e. The zero-order chi connectivity index (χ0) is 19.2. The quantitative estimate of drug-likeness (QED) is 0.507. The van der Waals surface area contributed by atoms with Crippen LogP contribution >= 0.6 is 11.8 Å². The first-order valence-corrected chi connectivity index (χ1v) is 9.20. The number of ether oxygens (including phenoxy) is 1. The number of methoxy groups -OCH3 is 1. The highest BCUT2D eigenvalue weighted by atomic mass is 32.2. The highest BCUT2D eigenvalue weighted by Crippen LogP contribution is 2.24. The Morgan fingerprint density at radius 2 is 1.81 bits per heavy atom. The van der Waals surface area contributed by atoms with Gasteiger partial charge in [-0.2, -0.15) is 0 Å². The summed E-state index contributed by atoms with van der Waals surface area (Å²) >= 11 is 1.25. The van der Waals surface area contributed by atoms with Gasteiger partial charge in [0.25, 0.3) is 0 Å². The van der Waals surface area contributed by atoms with Gasteiger partial charge in [0.05, 0.1) is 18.6 Å². The first-order valence-electron chi connectivity index (χ1n) is 8.22. The second-order valence-electron chi connectivity index (χ2n) is 5.75. The fourth-order valence-corrected chi connectivity index (χ4v) is 3.08. The molecule has 1 N–H and O–H groups in total. The van der Waals surface area contributed by atoms with E-state index in [-0.39, 0.29) is 17.5 Å². The lowest BCUT2D eigenvalue weighted by Gasteiger charge is -2.08. The molecule has 3 rings (SSSR count). The van der Waals surface area contributed by atoms with Crippen molar-refractivity contribution in [1.82, 2.24) is 9.97 Å². The van der Waals surface area contributed by atoms with Gasteiger partial charge >= 0.3 is 0 Å². The number of halogens is 1. The molecule has 1 heterocycles. The average Bonchev–Trinajstić information content (AvgIpc) is 2.68. The van der Waals surface area contributed by atoms with E-state index in [2.05, 4.69) is 15.3 Å². The van der Waals surface area contributed by atoms with E-state index >= 15 is 0 Å². The Morgan fingerprint density at radius 3 is 2.48 bits per heavy atom. The molecule has 0 atom stereocenters. The van der Waals surface area contributed by atoms with E-state index < -0.39 is 0 Å². The van der Waals surface area contributed by atoms with Gasteiger partial charge in [-0.1, -0.05) is 11.8 Å². The summed E-state index contributed by atoms with van der Waals surface area (Å²) in [4.78, 5) is 21.0. The number of rotatable bonds is 6. The molecule has 138 valence electrons. The standard InChI is InChI=1S/C20H18FN3O2S/c1-13-11-18(14-3-9-17(26-2)10-4-14)24-20(22-13)27-12-19(25)23-16-7-5-15(21)6-8-16/h3-11H,12H2,1-2H3,(H,23,25).